The molecule has 3 amide bonds. The zero-order chi connectivity index (χ0) is 18.7. The Morgan fingerprint density at radius 2 is 1.92 bits per heavy atom. The zero-order valence-corrected chi connectivity index (χ0v) is 15.5. The van der Waals surface area contributed by atoms with Gasteiger partial charge in [-0.15, -0.1) is 23.1 Å². The summed E-state index contributed by atoms with van der Waals surface area (Å²) in [5, 5.41) is 13.6. The molecule has 26 heavy (non-hydrogen) atoms. The summed E-state index contributed by atoms with van der Waals surface area (Å²) in [6.45, 7) is 1.32. The lowest BCUT2D eigenvalue weighted by molar-refractivity contribution is -0.120. The van der Waals surface area contributed by atoms with E-state index in [2.05, 4.69) is 5.32 Å². The summed E-state index contributed by atoms with van der Waals surface area (Å²) in [6.07, 6.45) is 0. The van der Waals surface area contributed by atoms with Gasteiger partial charge in [0.15, 0.2) is 0 Å². The predicted octanol–water partition coefficient (Wildman–Crippen LogP) is 2.72. The first kappa shape index (κ1) is 18.4. The topological polar surface area (TPSA) is 86.7 Å². The number of hydrogen-bond acceptors (Lipinski definition) is 6. The van der Waals surface area contributed by atoms with Crippen molar-refractivity contribution >= 4 is 57.8 Å². The molecule has 3 rings (SSSR count). The average Bonchev–Trinajstić information content (AvgIpc) is 3.20. The fraction of sp³-hybridized carbons (Fsp3) is 0.167. The first-order valence-corrected chi connectivity index (χ1v) is 9.67. The molecule has 1 aromatic heterocycles. The molecule has 2 heterocycles. The van der Waals surface area contributed by atoms with Crippen LogP contribution in [0, 0.1) is 0 Å². The first-order chi connectivity index (χ1) is 12.5. The molecule has 1 aliphatic rings. The summed E-state index contributed by atoms with van der Waals surface area (Å²) in [7, 11) is 0. The normalized spacial score (nSPS) is 14.3. The van der Waals surface area contributed by atoms with Crippen molar-refractivity contribution in [2.45, 2.75) is 6.92 Å². The van der Waals surface area contributed by atoms with E-state index in [9.17, 15) is 14.4 Å². The lowest BCUT2D eigenvalue weighted by Gasteiger charge is -2.15. The zero-order valence-electron chi connectivity index (χ0n) is 13.9. The van der Waals surface area contributed by atoms with Crippen molar-refractivity contribution in [2.75, 3.05) is 22.6 Å². The Labute approximate surface area is 158 Å². The predicted molar refractivity (Wildman–Crippen MR) is 104 cm³/mol. The van der Waals surface area contributed by atoms with E-state index >= 15 is 0 Å². The molecular formula is C18H16N2O4S2. The molecule has 2 N–H and O–H groups in total. The molecule has 6 nitrogen and oxygen atoms in total. The van der Waals surface area contributed by atoms with Gasteiger partial charge in [0.2, 0.25) is 5.91 Å². The van der Waals surface area contributed by atoms with Gasteiger partial charge in [0, 0.05) is 23.2 Å². The molecule has 1 aliphatic heterocycles. The van der Waals surface area contributed by atoms with E-state index in [-0.39, 0.29) is 18.4 Å². The molecule has 0 radical (unpaired) electrons. The van der Waals surface area contributed by atoms with Gasteiger partial charge < -0.3 is 10.4 Å². The number of hydrogen-bond donors (Lipinski definition) is 2. The summed E-state index contributed by atoms with van der Waals surface area (Å²) in [4.78, 5) is 39.1. The van der Waals surface area contributed by atoms with Crippen molar-refractivity contribution in [2.24, 2.45) is 0 Å². The van der Waals surface area contributed by atoms with Crippen molar-refractivity contribution in [3.8, 4) is 0 Å². The van der Waals surface area contributed by atoms with Crippen LogP contribution in [0.4, 0.5) is 11.4 Å². The Morgan fingerprint density at radius 1 is 1.19 bits per heavy atom. The third-order valence-corrected chi connectivity index (χ3v) is 5.53. The molecule has 1 aromatic carbocycles. The lowest BCUT2D eigenvalue weighted by Crippen LogP contribution is -2.31. The maximum Gasteiger partial charge on any atom is 0.272 e. The fourth-order valence-electron chi connectivity index (χ4n) is 2.56. The second-order valence-corrected chi connectivity index (χ2v) is 7.48. The van der Waals surface area contributed by atoms with Crippen LogP contribution in [0.2, 0.25) is 0 Å². The smallest absolute Gasteiger partial charge is 0.272 e. The molecule has 0 atom stereocenters. The minimum atomic E-state index is -0.399. The summed E-state index contributed by atoms with van der Waals surface area (Å²) in [5.74, 6) is -0.650. The third-order valence-electron chi connectivity index (χ3n) is 3.59. The summed E-state index contributed by atoms with van der Waals surface area (Å²) < 4.78 is 0. The molecule has 134 valence electrons. The summed E-state index contributed by atoms with van der Waals surface area (Å²) in [5.41, 5.74) is 1.39. The van der Waals surface area contributed by atoms with E-state index < -0.39 is 5.91 Å². The van der Waals surface area contributed by atoms with Crippen LogP contribution < -0.4 is 10.2 Å². The van der Waals surface area contributed by atoms with E-state index in [4.69, 9.17) is 5.11 Å². The van der Waals surface area contributed by atoms with Gasteiger partial charge in [-0.1, -0.05) is 6.07 Å². The van der Waals surface area contributed by atoms with E-state index in [1.165, 1.54) is 30.0 Å². The van der Waals surface area contributed by atoms with Crippen LogP contribution in [0.15, 0.2) is 46.7 Å². The minimum Gasteiger partial charge on any atom is -0.396 e. The SMILES string of the molecule is CC(=O)Nc1ccc(N2C(=O)C(SCCO)=C(c3cccs3)C2=O)cc1. The highest BCUT2D eigenvalue weighted by atomic mass is 32.2. The number of aliphatic hydroxyl groups is 1. The van der Waals surface area contributed by atoms with Crippen LogP contribution in [0.3, 0.4) is 0 Å². The number of amides is 3. The molecule has 0 bridgehead atoms. The maximum atomic E-state index is 13.0. The van der Waals surface area contributed by atoms with E-state index in [0.717, 1.165) is 9.78 Å². The van der Waals surface area contributed by atoms with Gasteiger partial charge in [0.1, 0.15) is 0 Å². The van der Waals surface area contributed by atoms with Gasteiger partial charge in [-0.3, -0.25) is 14.4 Å². The molecule has 0 saturated heterocycles. The Hall–Kier alpha value is -2.42. The van der Waals surface area contributed by atoms with Crippen LogP contribution >= 0.6 is 23.1 Å². The van der Waals surface area contributed by atoms with Gasteiger partial charge in [0.05, 0.1) is 22.8 Å². The highest BCUT2D eigenvalue weighted by Gasteiger charge is 2.40. The van der Waals surface area contributed by atoms with Gasteiger partial charge >= 0.3 is 0 Å². The van der Waals surface area contributed by atoms with Crippen molar-refractivity contribution in [3.63, 3.8) is 0 Å². The Balaban J connectivity index is 1.94. The molecular weight excluding hydrogens is 372 g/mol. The number of benzene rings is 1. The molecule has 0 saturated carbocycles. The van der Waals surface area contributed by atoms with Crippen molar-refractivity contribution in [1.82, 2.24) is 0 Å². The number of nitrogens with zero attached hydrogens (tertiary/aromatic N) is 1. The second-order valence-electron chi connectivity index (χ2n) is 5.43. The fourth-order valence-corrected chi connectivity index (χ4v) is 4.25. The maximum absolute atomic E-state index is 13.0. The van der Waals surface area contributed by atoms with Crippen LogP contribution in [-0.4, -0.2) is 35.2 Å². The van der Waals surface area contributed by atoms with Crippen molar-refractivity contribution in [3.05, 3.63) is 51.6 Å². The summed E-state index contributed by atoms with van der Waals surface area (Å²) >= 11 is 2.57. The van der Waals surface area contributed by atoms with Gasteiger partial charge in [-0.05, 0) is 35.7 Å². The quantitative estimate of drug-likeness (QED) is 0.743. The van der Waals surface area contributed by atoms with Gasteiger partial charge in [-0.25, -0.2) is 4.90 Å². The molecule has 0 unspecified atom stereocenters. The molecule has 8 heteroatoms. The van der Waals surface area contributed by atoms with Crippen molar-refractivity contribution < 1.29 is 19.5 Å². The number of thioether (sulfide) groups is 1. The highest BCUT2D eigenvalue weighted by Crippen LogP contribution is 2.39. The number of imide groups is 1. The molecule has 0 fully saturated rings. The Bertz CT molecular complexity index is 873. The summed E-state index contributed by atoms with van der Waals surface area (Å²) in [6, 6.07) is 10.1. The van der Waals surface area contributed by atoms with Crippen LogP contribution in [0.1, 0.15) is 11.8 Å². The van der Waals surface area contributed by atoms with Crippen LogP contribution in [-0.2, 0) is 14.4 Å². The lowest BCUT2D eigenvalue weighted by atomic mass is 10.2. The number of rotatable bonds is 6. The molecule has 0 aliphatic carbocycles. The highest BCUT2D eigenvalue weighted by molar-refractivity contribution is 8.04. The monoisotopic (exact) mass is 388 g/mol. The number of anilines is 2. The number of aliphatic hydroxyl groups excluding tert-OH is 1. The first-order valence-electron chi connectivity index (χ1n) is 7.81. The Morgan fingerprint density at radius 3 is 2.50 bits per heavy atom. The van der Waals surface area contributed by atoms with Crippen LogP contribution in [0.25, 0.3) is 5.57 Å². The Kier molecular flexibility index (Phi) is 5.55. The third kappa shape index (κ3) is 3.57. The van der Waals surface area contributed by atoms with E-state index in [1.54, 1.807) is 30.3 Å². The van der Waals surface area contributed by atoms with Crippen LogP contribution in [0.5, 0.6) is 0 Å². The largest absolute Gasteiger partial charge is 0.396 e. The van der Waals surface area contributed by atoms with Crippen molar-refractivity contribution in [1.29, 1.82) is 0 Å². The number of carbonyl (C=O) groups is 3. The van der Waals surface area contributed by atoms with Gasteiger partial charge in [0.25, 0.3) is 11.8 Å². The second kappa shape index (κ2) is 7.86. The molecule has 2 aromatic rings. The average molecular weight is 388 g/mol. The number of thiophene rings is 1. The van der Waals surface area contributed by atoms with E-state index in [0.29, 0.717) is 27.6 Å². The molecule has 0 spiro atoms. The number of nitrogens with one attached hydrogen (secondary N) is 1. The van der Waals surface area contributed by atoms with Gasteiger partial charge in [-0.2, -0.15) is 0 Å². The standard InChI is InChI=1S/C18H16N2O4S2/c1-11(22)19-12-4-6-13(7-5-12)20-17(23)15(14-3-2-9-25-14)16(18(20)24)26-10-8-21/h2-7,9,21H,8,10H2,1H3,(H,19,22). The van der Waals surface area contributed by atoms with E-state index in [1.807, 2.05) is 11.4 Å². The number of carbonyl (C=O) groups excluding carboxylic acids is 3. The minimum absolute atomic E-state index is 0.0846.